The fourth-order valence-corrected chi connectivity index (χ4v) is 6.15. The lowest BCUT2D eigenvalue weighted by molar-refractivity contribution is 0.471. The minimum absolute atomic E-state index is 0.245. The molecule has 0 amide bonds. The first kappa shape index (κ1) is 18.3. The van der Waals surface area contributed by atoms with Crippen LogP contribution >= 0.6 is 23.1 Å². The standard InChI is InChI=1S/C19H19FN8S2/c1-22-13-4-9(20)3-11-14-16(24-15(11)13)25-18(30-19-27-23-7-29-19)26-17(14)28-6-8-2-10(28)5-12(8)21/h3-4,7-8,10,12,22H,2,5-6,21H2,1H3,(H,24,25,26). The van der Waals surface area contributed by atoms with Crippen LogP contribution in [-0.2, 0) is 0 Å². The zero-order chi connectivity index (χ0) is 20.4. The van der Waals surface area contributed by atoms with Crippen LogP contribution in [-0.4, -0.2) is 50.8 Å². The van der Waals surface area contributed by atoms with Crippen LogP contribution in [0.1, 0.15) is 12.8 Å². The number of hydrogen-bond acceptors (Lipinski definition) is 9. The molecule has 4 heterocycles. The van der Waals surface area contributed by atoms with Crippen molar-refractivity contribution in [2.45, 2.75) is 34.4 Å². The maximum absolute atomic E-state index is 14.4. The zero-order valence-corrected chi connectivity index (χ0v) is 17.7. The molecule has 1 aliphatic carbocycles. The van der Waals surface area contributed by atoms with Crippen LogP contribution in [0.3, 0.4) is 0 Å². The summed E-state index contributed by atoms with van der Waals surface area (Å²) in [7, 11) is 1.78. The molecule has 0 spiro atoms. The van der Waals surface area contributed by atoms with Crippen LogP contribution in [0.15, 0.2) is 27.1 Å². The molecule has 1 aliphatic heterocycles. The topological polar surface area (TPSA) is 109 Å². The number of benzene rings is 1. The number of rotatable bonds is 4. The predicted molar refractivity (Wildman–Crippen MR) is 117 cm³/mol. The molecule has 8 nitrogen and oxygen atoms in total. The summed E-state index contributed by atoms with van der Waals surface area (Å²) in [6, 6.07) is 3.64. The number of nitrogens with one attached hydrogen (secondary N) is 2. The minimum Gasteiger partial charge on any atom is -0.386 e. The van der Waals surface area contributed by atoms with Crippen LogP contribution in [0.5, 0.6) is 0 Å². The fraction of sp³-hybridized carbons (Fsp3) is 0.368. The summed E-state index contributed by atoms with van der Waals surface area (Å²) in [5.41, 5.74) is 10.2. The Bertz CT molecular complexity index is 1250. The van der Waals surface area contributed by atoms with Gasteiger partial charge in [0.25, 0.3) is 0 Å². The van der Waals surface area contributed by atoms with E-state index in [4.69, 9.17) is 15.7 Å². The van der Waals surface area contributed by atoms with E-state index in [1.165, 1.54) is 29.2 Å². The number of hydrogen-bond donors (Lipinski definition) is 3. The van der Waals surface area contributed by atoms with Crippen LogP contribution in [0, 0.1) is 11.7 Å². The molecule has 0 radical (unpaired) electrons. The average molecular weight is 443 g/mol. The van der Waals surface area contributed by atoms with E-state index in [9.17, 15) is 4.39 Å². The van der Waals surface area contributed by atoms with Crippen molar-refractivity contribution in [3.8, 4) is 0 Å². The van der Waals surface area contributed by atoms with Gasteiger partial charge in [-0.25, -0.2) is 14.4 Å². The van der Waals surface area contributed by atoms with Crippen molar-refractivity contribution >= 4 is 56.5 Å². The Labute approximate surface area is 179 Å². The van der Waals surface area contributed by atoms with E-state index in [-0.39, 0.29) is 11.9 Å². The first-order valence-corrected chi connectivity index (χ1v) is 11.5. The Kier molecular flexibility index (Phi) is 4.12. The Hall–Kier alpha value is -2.50. The molecule has 3 aromatic heterocycles. The maximum atomic E-state index is 14.4. The summed E-state index contributed by atoms with van der Waals surface area (Å²) in [5, 5.41) is 13.3. The molecule has 30 heavy (non-hydrogen) atoms. The Morgan fingerprint density at radius 2 is 2.23 bits per heavy atom. The lowest BCUT2D eigenvalue weighted by Crippen LogP contribution is -2.41. The number of aromatic nitrogens is 5. The molecule has 1 aromatic carbocycles. The molecule has 4 N–H and O–H groups in total. The number of nitrogens with zero attached hydrogens (tertiary/aromatic N) is 5. The van der Waals surface area contributed by atoms with Gasteiger partial charge in [0.05, 0.1) is 16.6 Å². The number of nitrogens with two attached hydrogens (primary N) is 1. The second kappa shape index (κ2) is 6.76. The van der Waals surface area contributed by atoms with E-state index < -0.39 is 0 Å². The second-order valence-electron chi connectivity index (χ2n) is 7.81. The van der Waals surface area contributed by atoms with Gasteiger partial charge in [-0.1, -0.05) is 11.3 Å². The first-order valence-electron chi connectivity index (χ1n) is 9.77. The number of fused-ring (bicyclic) bond motifs is 5. The van der Waals surface area contributed by atoms with E-state index in [1.807, 2.05) is 0 Å². The lowest BCUT2D eigenvalue weighted by Gasteiger charge is -2.31. The molecule has 6 rings (SSSR count). The monoisotopic (exact) mass is 442 g/mol. The highest BCUT2D eigenvalue weighted by molar-refractivity contribution is 8.00. The van der Waals surface area contributed by atoms with E-state index in [2.05, 4.69) is 25.4 Å². The molecule has 3 unspecified atom stereocenters. The summed E-state index contributed by atoms with van der Waals surface area (Å²) < 4.78 is 15.2. The van der Waals surface area contributed by atoms with Gasteiger partial charge < -0.3 is 20.9 Å². The van der Waals surface area contributed by atoms with Crippen LogP contribution in [0.4, 0.5) is 15.9 Å². The van der Waals surface area contributed by atoms with Crippen molar-refractivity contribution in [1.29, 1.82) is 0 Å². The van der Waals surface area contributed by atoms with Gasteiger partial charge in [-0.2, -0.15) is 0 Å². The molecule has 154 valence electrons. The molecule has 3 atom stereocenters. The maximum Gasteiger partial charge on any atom is 0.198 e. The molecule has 2 aliphatic rings. The fourth-order valence-electron chi connectivity index (χ4n) is 4.81. The normalized spacial score (nSPS) is 23.2. The Balaban J connectivity index is 1.58. The lowest BCUT2D eigenvalue weighted by atomic mass is 10.0. The molecule has 1 saturated heterocycles. The number of piperidine rings is 1. The van der Waals surface area contributed by atoms with Gasteiger partial charge in [0.15, 0.2) is 9.50 Å². The SMILES string of the molecule is CNc1cc(F)cc2c1[nH]c1nc(Sc3nncs3)nc(N3CC4CC3CC4N)c12. The molecule has 11 heteroatoms. The second-order valence-corrected chi connectivity index (χ2v) is 9.86. The smallest absolute Gasteiger partial charge is 0.198 e. The highest BCUT2D eigenvalue weighted by atomic mass is 32.2. The Morgan fingerprint density at radius 3 is 2.93 bits per heavy atom. The van der Waals surface area contributed by atoms with E-state index in [0.29, 0.717) is 28.5 Å². The average Bonchev–Trinajstić information content (AvgIpc) is 3.50. The van der Waals surface area contributed by atoms with Crippen molar-refractivity contribution in [3.05, 3.63) is 23.5 Å². The van der Waals surface area contributed by atoms with E-state index in [1.54, 1.807) is 18.6 Å². The van der Waals surface area contributed by atoms with Crippen LogP contribution in [0.25, 0.3) is 21.9 Å². The summed E-state index contributed by atoms with van der Waals surface area (Å²) in [6.07, 6.45) is 2.03. The van der Waals surface area contributed by atoms with Gasteiger partial charge in [-0.3, -0.25) is 0 Å². The van der Waals surface area contributed by atoms with Gasteiger partial charge in [0.2, 0.25) is 0 Å². The first-order chi connectivity index (χ1) is 14.6. The van der Waals surface area contributed by atoms with Gasteiger partial charge in [-0.05, 0) is 42.7 Å². The van der Waals surface area contributed by atoms with E-state index in [0.717, 1.165) is 45.8 Å². The molecular formula is C19H19FN8S2. The highest BCUT2D eigenvalue weighted by Crippen LogP contribution is 2.44. The minimum atomic E-state index is -0.295. The number of halogens is 1. The molecule has 2 fully saturated rings. The largest absolute Gasteiger partial charge is 0.386 e. The third-order valence-corrected chi connectivity index (χ3v) is 7.78. The number of aromatic amines is 1. The molecule has 1 saturated carbocycles. The quantitative estimate of drug-likeness (QED) is 0.414. The summed E-state index contributed by atoms with van der Waals surface area (Å²) in [6.45, 7) is 0.863. The summed E-state index contributed by atoms with van der Waals surface area (Å²) in [5.74, 6) is 1.01. The third kappa shape index (κ3) is 2.76. The van der Waals surface area contributed by atoms with Crippen molar-refractivity contribution in [2.24, 2.45) is 11.7 Å². The van der Waals surface area contributed by atoms with Crippen molar-refractivity contribution in [1.82, 2.24) is 25.1 Å². The molecule has 4 aromatic rings. The molecule has 2 bridgehead atoms. The van der Waals surface area contributed by atoms with Gasteiger partial charge in [0, 0.05) is 31.1 Å². The number of H-pyrrole nitrogens is 1. The van der Waals surface area contributed by atoms with Crippen molar-refractivity contribution in [3.63, 3.8) is 0 Å². The van der Waals surface area contributed by atoms with Crippen LogP contribution in [0.2, 0.25) is 0 Å². The molecular weight excluding hydrogens is 423 g/mol. The van der Waals surface area contributed by atoms with Gasteiger partial charge in [0.1, 0.15) is 22.8 Å². The third-order valence-electron chi connectivity index (χ3n) is 6.14. The van der Waals surface area contributed by atoms with Crippen LogP contribution < -0.4 is 16.0 Å². The van der Waals surface area contributed by atoms with Crippen molar-refractivity contribution in [2.75, 3.05) is 23.8 Å². The number of anilines is 2. The zero-order valence-electron chi connectivity index (χ0n) is 16.1. The van der Waals surface area contributed by atoms with Gasteiger partial charge in [-0.15, -0.1) is 10.2 Å². The van der Waals surface area contributed by atoms with Crippen molar-refractivity contribution < 1.29 is 4.39 Å². The van der Waals surface area contributed by atoms with Gasteiger partial charge >= 0.3 is 0 Å². The summed E-state index contributed by atoms with van der Waals surface area (Å²) >= 11 is 2.83. The predicted octanol–water partition coefficient (Wildman–Crippen LogP) is 3.22. The van der Waals surface area contributed by atoms with E-state index >= 15 is 0 Å². The highest BCUT2D eigenvalue weighted by Gasteiger charge is 2.44. The Morgan fingerprint density at radius 1 is 1.33 bits per heavy atom. The summed E-state index contributed by atoms with van der Waals surface area (Å²) in [4.78, 5) is 15.4.